The van der Waals surface area contributed by atoms with E-state index >= 15 is 0 Å². The number of rotatable bonds is 2. The molecular formula is C12H10INO3S2. The molecule has 1 N–H and O–H groups in total. The van der Waals surface area contributed by atoms with Gasteiger partial charge in [0.2, 0.25) is 0 Å². The fraction of sp³-hybridized carbons (Fsp3) is 0.167. The number of carbonyl (C=O) groups is 1. The van der Waals surface area contributed by atoms with Crippen molar-refractivity contribution in [3.05, 3.63) is 26.2 Å². The third-order valence-electron chi connectivity index (χ3n) is 2.55. The summed E-state index contributed by atoms with van der Waals surface area (Å²) < 4.78 is 6.29. The fourth-order valence-corrected chi connectivity index (χ4v) is 3.33. The Morgan fingerprint density at radius 3 is 2.74 bits per heavy atom. The molecule has 0 radical (unpaired) electrons. The first-order valence-corrected chi connectivity index (χ1v) is 7.52. The quantitative estimate of drug-likeness (QED) is 0.464. The molecule has 0 saturated carbocycles. The predicted octanol–water partition coefficient (Wildman–Crippen LogP) is 2.84. The van der Waals surface area contributed by atoms with E-state index in [0.717, 1.165) is 5.56 Å². The molecule has 7 heteroatoms. The van der Waals surface area contributed by atoms with E-state index in [-0.39, 0.29) is 11.7 Å². The zero-order chi connectivity index (χ0) is 14.2. The number of ether oxygens (including phenoxy) is 1. The van der Waals surface area contributed by atoms with E-state index in [9.17, 15) is 9.90 Å². The minimum Gasteiger partial charge on any atom is -0.504 e. The molecular weight excluding hydrogens is 397 g/mol. The molecule has 0 unspecified atom stereocenters. The Balaban J connectivity index is 2.42. The van der Waals surface area contributed by atoms with Crippen molar-refractivity contribution in [1.82, 2.24) is 4.90 Å². The fourth-order valence-electron chi connectivity index (χ4n) is 1.53. The number of benzene rings is 1. The van der Waals surface area contributed by atoms with Gasteiger partial charge in [0.1, 0.15) is 4.32 Å². The minimum absolute atomic E-state index is 0.100. The van der Waals surface area contributed by atoms with Crippen LogP contribution in [0.3, 0.4) is 0 Å². The van der Waals surface area contributed by atoms with Gasteiger partial charge in [0.25, 0.3) is 5.91 Å². The van der Waals surface area contributed by atoms with Gasteiger partial charge in [-0.25, -0.2) is 0 Å². The van der Waals surface area contributed by atoms with Crippen LogP contribution >= 0.6 is 46.6 Å². The van der Waals surface area contributed by atoms with Gasteiger partial charge >= 0.3 is 0 Å². The van der Waals surface area contributed by atoms with Crippen LogP contribution in [0.2, 0.25) is 0 Å². The Kier molecular flexibility index (Phi) is 4.36. The smallest absolute Gasteiger partial charge is 0.265 e. The number of hydrogen-bond donors (Lipinski definition) is 1. The Morgan fingerprint density at radius 1 is 1.53 bits per heavy atom. The predicted molar refractivity (Wildman–Crippen MR) is 88.3 cm³/mol. The maximum absolute atomic E-state index is 11.9. The molecule has 1 fully saturated rings. The van der Waals surface area contributed by atoms with Gasteiger partial charge in [-0.2, -0.15) is 0 Å². The van der Waals surface area contributed by atoms with E-state index in [1.807, 2.05) is 22.6 Å². The van der Waals surface area contributed by atoms with Crippen LogP contribution in [-0.2, 0) is 4.79 Å². The monoisotopic (exact) mass is 407 g/mol. The molecule has 1 aliphatic rings. The summed E-state index contributed by atoms with van der Waals surface area (Å²) in [6.45, 7) is 0. The Bertz CT molecular complexity index is 601. The van der Waals surface area contributed by atoms with Gasteiger partial charge < -0.3 is 9.84 Å². The number of nitrogens with zero attached hydrogens (tertiary/aromatic N) is 1. The summed E-state index contributed by atoms with van der Waals surface area (Å²) in [5.41, 5.74) is 0.785. The lowest BCUT2D eigenvalue weighted by Gasteiger charge is -2.07. The van der Waals surface area contributed by atoms with Gasteiger partial charge in [0.05, 0.1) is 15.6 Å². The van der Waals surface area contributed by atoms with Crippen molar-refractivity contribution in [2.45, 2.75) is 0 Å². The van der Waals surface area contributed by atoms with Gasteiger partial charge in [-0.15, -0.1) is 0 Å². The molecule has 1 aliphatic heterocycles. The van der Waals surface area contributed by atoms with Crippen LogP contribution in [0.4, 0.5) is 0 Å². The number of amides is 1. The van der Waals surface area contributed by atoms with Crippen LogP contribution in [-0.4, -0.2) is 34.4 Å². The number of halogens is 1. The topological polar surface area (TPSA) is 49.8 Å². The van der Waals surface area contributed by atoms with E-state index < -0.39 is 0 Å². The molecule has 1 aromatic carbocycles. The second-order valence-corrected chi connectivity index (χ2v) is 6.63. The van der Waals surface area contributed by atoms with Crippen LogP contribution < -0.4 is 4.74 Å². The summed E-state index contributed by atoms with van der Waals surface area (Å²) in [5, 5.41) is 9.76. The van der Waals surface area contributed by atoms with Crippen LogP contribution in [0, 0.1) is 3.57 Å². The van der Waals surface area contributed by atoms with Crippen LogP contribution in [0.15, 0.2) is 17.0 Å². The second kappa shape index (κ2) is 5.68. The molecule has 4 nitrogen and oxygen atoms in total. The summed E-state index contributed by atoms with van der Waals surface area (Å²) in [5.74, 6) is 0.366. The van der Waals surface area contributed by atoms with E-state index in [2.05, 4.69) is 0 Å². The molecule has 1 heterocycles. The van der Waals surface area contributed by atoms with Crippen LogP contribution in [0.5, 0.6) is 11.5 Å². The summed E-state index contributed by atoms with van der Waals surface area (Å²) in [4.78, 5) is 13.9. The van der Waals surface area contributed by atoms with E-state index in [0.29, 0.717) is 18.5 Å². The Labute approximate surface area is 133 Å². The third kappa shape index (κ3) is 2.87. The zero-order valence-electron chi connectivity index (χ0n) is 10.1. The summed E-state index contributed by atoms with van der Waals surface area (Å²) in [7, 11) is 3.14. The van der Waals surface area contributed by atoms with Crippen molar-refractivity contribution in [3.8, 4) is 11.5 Å². The first-order chi connectivity index (χ1) is 8.93. The molecule has 2 rings (SSSR count). The Hall–Kier alpha value is -0.800. The first kappa shape index (κ1) is 14.6. The third-order valence-corrected chi connectivity index (χ3v) is 4.86. The highest BCUT2D eigenvalue weighted by Gasteiger charge is 2.28. The average Bonchev–Trinajstić information content (AvgIpc) is 2.61. The molecule has 0 bridgehead atoms. The van der Waals surface area contributed by atoms with Gasteiger partial charge in [0, 0.05) is 7.05 Å². The van der Waals surface area contributed by atoms with Gasteiger partial charge in [-0.3, -0.25) is 9.69 Å². The summed E-state index contributed by atoms with van der Waals surface area (Å²) in [6.07, 6.45) is 1.74. The van der Waals surface area contributed by atoms with Crippen LogP contribution in [0.1, 0.15) is 5.56 Å². The number of thioether (sulfide) groups is 1. The number of aromatic hydroxyl groups is 1. The molecule has 19 heavy (non-hydrogen) atoms. The maximum atomic E-state index is 11.9. The lowest BCUT2D eigenvalue weighted by Crippen LogP contribution is -2.22. The van der Waals surface area contributed by atoms with Crippen molar-refractivity contribution in [2.24, 2.45) is 0 Å². The number of thiocarbonyl (C=S) groups is 1. The summed E-state index contributed by atoms with van der Waals surface area (Å²) >= 11 is 8.34. The molecule has 1 saturated heterocycles. The molecule has 100 valence electrons. The highest BCUT2D eigenvalue weighted by molar-refractivity contribution is 14.1. The summed E-state index contributed by atoms with van der Waals surface area (Å²) in [6, 6.07) is 3.46. The van der Waals surface area contributed by atoms with Crippen molar-refractivity contribution in [2.75, 3.05) is 14.2 Å². The molecule has 1 aromatic rings. The lowest BCUT2D eigenvalue weighted by molar-refractivity contribution is -0.121. The SMILES string of the molecule is COc1cc(/C=C2\SC(=S)N(C)C2=O)cc(I)c1O. The van der Waals surface area contributed by atoms with Crippen molar-refractivity contribution >= 4 is 62.9 Å². The zero-order valence-corrected chi connectivity index (χ0v) is 13.9. The van der Waals surface area contributed by atoms with Crippen molar-refractivity contribution in [1.29, 1.82) is 0 Å². The van der Waals surface area contributed by atoms with E-state index in [4.69, 9.17) is 17.0 Å². The average molecular weight is 407 g/mol. The molecule has 1 amide bonds. The standard InChI is InChI=1S/C12H10INO3S2/c1-14-11(16)9(19-12(14)18)5-6-3-7(13)10(15)8(4-6)17-2/h3-5,15H,1-2H3/b9-5-. The van der Waals surface area contributed by atoms with E-state index in [1.54, 1.807) is 25.3 Å². The normalized spacial score (nSPS) is 17.4. The first-order valence-electron chi connectivity index (χ1n) is 5.22. The minimum atomic E-state index is -0.114. The molecule has 0 atom stereocenters. The molecule has 0 aromatic heterocycles. The Morgan fingerprint density at radius 2 is 2.21 bits per heavy atom. The largest absolute Gasteiger partial charge is 0.504 e. The number of methoxy groups -OCH3 is 1. The van der Waals surface area contributed by atoms with E-state index in [1.165, 1.54) is 23.8 Å². The van der Waals surface area contributed by atoms with Gasteiger partial charge in [-0.05, 0) is 46.4 Å². The number of carbonyl (C=O) groups excluding carboxylic acids is 1. The van der Waals surface area contributed by atoms with Crippen LogP contribution in [0.25, 0.3) is 6.08 Å². The van der Waals surface area contributed by atoms with Crippen molar-refractivity contribution < 1.29 is 14.6 Å². The number of hydrogen-bond acceptors (Lipinski definition) is 5. The number of likely N-dealkylation sites (N-methyl/N-ethyl adjacent to an activating group) is 1. The number of phenols is 1. The highest BCUT2D eigenvalue weighted by Crippen LogP contribution is 2.36. The lowest BCUT2D eigenvalue weighted by atomic mass is 10.2. The van der Waals surface area contributed by atoms with Gasteiger partial charge in [-0.1, -0.05) is 24.0 Å². The second-order valence-electron chi connectivity index (χ2n) is 3.79. The number of phenolic OH excluding ortho intramolecular Hbond substituents is 1. The molecule has 0 aliphatic carbocycles. The van der Waals surface area contributed by atoms with Gasteiger partial charge in [0.15, 0.2) is 11.5 Å². The maximum Gasteiger partial charge on any atom is 0.265 e. The molecule has 0 spiro atoms. The highest BCUT2D eigenvalue weighted by atomic mass is 127. The van der Waals surface area contributed by atoms with Crippen molar-refractivity contribution in [3.63, 3.8) is 0 Å².